The van der Waals surface area contributed by atoms with Crippen molar-refractivity contribution in [1.29, 1.82) is 0 Å². The van der Waals surface area contributed by atoms with E-state index >= 15 is 0 Å². The van der Waals surface area contributed by atoms with Crippen molar-refractivity contribution in [1.82, 2.24) is 4.90 Å². The van der Waals surface area contributed by atoms with Crippen LogP contribution in [0.1, 0.15) is 26.3 Å². The van der Waals surface area contributed by atoms with Crippen molar-refractivity contribution < 1.29 is 14.7 Å². The van der Waals surface area contributed by atoms with Gasteiger partial charge >= 0.3 is 5.97 Å². The highest BCUT2D eigenvalue weighted by Gasteiger charge is 2.07. The van der Waals surface area contributed by atoms with E-state index in [-0.39, 0.29) is 5.56 Å². The Morgan fingerprint density at radius 3 is 2.53 bits per heavy atom. The summed E-state index contributed by atoms with van der Waals surface area (Å²) in [5.41, 5.74) is 1.37. The second-order valence-electron chi connectivity index (χ2n) is 3.62. The summed E-state index contributed by atoms with van der Waals surface area (Å²) in [7, 11) is 3.77. The van der Waals surface area contributed by atoms with Crippen molar-refractivity contribution in [2.75, 3.05) is 14.1 Å². The molecule has 0 unspecified atom stereocenters. The molecule has 0 saturated carbocycles. The highest BCUT2D eigenvalue weighted by molar-refractivity contribution is 5.90. The van der Waals surface area contributed by atoms with Gasteiger partial charge in [-0.1, -0.05) is 0 Å². The van der Waals surface area contributed by atoms with E-state index in [1.54, 1.807) is 12.1 Å². The van der Waals surface area contributed by atoms with Crippen LogP contribution in [0.2, 0.25) is 0 Å². The Morgan fingerprint density at radius 1 is 1.40 bits per heavy atom. The summed E-state index contributed by atoms with van der Waals surface area (Å²) in [5, 5.41) is 8.83. The Labute approximate surface area is 88.1 Å². The van der Waals surface area contributed by atoms with Crippen molar-refractivity contribution in [3.8, 4) is 0 Å². The zero-order chi connectivity index (χ0) is 11.4. The lowest BCUT2D eigenvalue weighted by Gasteiger charge is -2.10. The van der Waals surface area contributed by atoms with E-state index in [1.807, 2.05) is 19.0 Å². The molecule has 80 valence electrons. The molecule has 0 aliphatic heterocycles. The fourth-order valence-corrected chi connectivity index (χ4v) is 1.37. The van der Waals surface area contributed by atoms with Crippen LogP contribution in [0, 0.1) is 0 Å². The molecule has 0 heterocycles. The van der Waals surface area contributed by atoms with Gasteiger partial charge in [0.2, 0.25) is 0 Å². The van der Waals surface area contributed by atoms with Crippen LogP contribution in [-0.4, -0.2) is 36.4 Å². The van der Waals surface area contributed by atoms with Crippen LogP contribution in [0.25, 0.3) is 0 Å². The van der Waals surface area contributed by atoms with Crippen LogP contribution in [0.5, 0.6) is 0 Å². The largest absolute Gasteiger partial charge is 0.478 e. The first kappa shape index (κ1) is 11.4. The van der Waals surface area contributed by atoms with Crippen LogP contribution >= 0.6 is 0 Å². The molecule has 0 aliphatic rings. The minimum Gasteiger partial charge on any atom is -0.478 e. The molecule has 1 aromatic carbocycles. The maximum atomic E-state index is 10.8. The Morgan fingerprint density at radius 2 is 2.07 bits per heavy atom. The maximum Gasteiger partial charge on any atom is 0.335 e. The van der Waals surface area contributed by atoms with E-state index < -0.39 is 5.97 Å². The summed E-state index contributed by atoms with van der Waals surface area (Å²) in [6.45, 7) is 0.613. The van der Waals surface area contributed by atoms with Gasteiger partial charge in [-0.05, 0) is 37.9 Å². The summed E-state index contributed by atoms with van der Waals surface area (Å²) < 4.78 is 0. The number of hydrogen-bond acceptors (Lipinski definition) is 3. The van der Waals surface area contributed by atoms with E-state index in [0.29, 0.717) is 18.4 Å². The summed E-state index contributed by atoms with van der Waals surface area (Å²) in [5.74, 6) is -1.02. The number of carboxylic acid groups (broad SMARTS) is 1. The Bertz CT molecular complexity index is 385. The van der Waals surface area contributed by atoms with Gasteiger partial charge in [0.25, 0.3) is 0 Å². The van der Waals surface area contributed by atoms with E-state index in [2.05, 4.69) is 0 Å². The molecule has 1 aromatic rings. The van der Waals surface area contributed by atoms with E-state index in [4.69, 9.17) is 5.11 Å². The Balaban J connectivity index is 3.11. The van der Waals surface area contributed by atoms with Gasteiger partial charge in [-0.2, -0.15) is 0 Å². The summed E-state index contributed by atoms with van der Waals surface area (Å²) >= 11 is 0. The first-order valence-corrected chi connectivity index (χ1v) is 4.50. The smallest absolute Gasteiger partial charge is 0.335 e. The van der Waals surface area contributed by atoms with Gasteiger partial charge in [0.1, 0.15) is 6.29 Å². The third-order valence-electron chi connectivity index (χ3n) is 1.90. The minimum absolute atomic E-state index is 0.149. The molecule has 0 aliphatic carbocycles. The fourth-order valence-electron chi connectivity index (χ4n) is 1.37. The molecular formula is C11H13NO3. The van der Waals surface area contributed by atoms with Crippen molar-refractivity contribution in [3.63, 3.8) is 0 Å². The number of carbonyl (C=O) groups excluding carboxylic acids is 1. The van der Waals surface area contributed by atoms with Gasteiger partial charge in [0.15, 0.2) is 0 Å². The minimum atomic E-state index is -1.02. The van der Waals surface area contributed by atoms with Crippen molar-refractivity contribution in [2.45, 2.75) is 6.54 Å². The number of hydrogen-bond donors (Lipinski definition) is 1. The molecule has 1 rings (SSSR count). The van der Waals surface area contributed by atoms with Crippen molar-refractivity contribution in [2.24, 2.45) is 0 Å². The SMILES string of the molecule is CN(C)Cc1cc(C=O)cc(C(=O)O)c1. The van der Waals surface area contributed by atoms with Crippen LogP contribution in [0.4, 0.5) is 0 Å². The van der Waals surface area contributed by atoms with Crippen molar-refractivity contribution in [3.05, 3.63) is 34.9 Å². The predicted molar refractivity (Wildman–Crippen MR) is 56.2 cm³/mol. The zero-order valence-corrected chi connectivity index (χ0v) is 8.73. The number of rotatable bonds is 4. The molecular weight excluding hydrogens is 194 g/mol. The summed E-state index contributed by atoms with van der Waals surface area (Å²) in [6, 6.07) is 4.64. The number of benzene rings is 1. The molecule has 1 N–H and O–H groups in total. The van der Waals surface area contributed by atoms with Gasteiger partial charge in [-0.3, -0.25) is 4.79 Å². The zero-order valence-electron chi connectivity index (χ0n) is 8.73. The quantitative estimate of drug-likeness (QED) is 0.755. The van der Waals surface area contributed by atoms with Crippen LogP contribution in [-0.2, 0) is 6.54 Å². The molecule has 4 nitrogen and oxygen atoms in total. The first-order valence-electron chi connectivity index (χ1n) is 4.50. The fraction of sp³-hybridized carbons (Fsp3) is 0.273. The monoisotopic (exact) mass is 207 g/mol. The standard InChI is InChI=1S/C11H13NO3/c1-12(2)6-8-3-9(7-13)5-10(4-8)11(14)15/h3-5,7H,6H2,1-2H3,(H,14,15). The average molecular weight is 207 g/mol. The molecule has 15 heavy (non-hydrogen) atoms. The van der Waals surface area contributed by atoms with Gasteiger partial charge in [0, 0.05) is 12.1 Å². The van der Waals surface area contributed by atoms with Crippen molar-refractivity contribution >= 4 is 12.3 Å². The van der Waals surface area contributed by atoms with Gasteiger partial charge in [-0.15, -0.1) is 0 Å². The van der Waals surface area contributed by atoms with E-state index in [0.717, 1.165) is 5.56 Å². The third-order valence-corrected chi connectivity index (χ3v) is 1.90. The predicted octanol–water partition coefficient (Wildman–Crippen LogP) is 1.26. The van der Waals surface area contributed by atoms with Crippen LogP contribution < -0.4 is 0 Å². The van der Waals surface area contributed by atoms with Gasteiger partial charge in [0.05, 0.1) is 5.56 Å². The number of nitrogens with zero attached hydrogens (tertiary/aromatic N) is 1. The first-order chi connectivity index (χ1) is 7.02. The normalized spacial score (nSPS) is 10.3. The highest BCUT2D eigenvalue weighted by Crippen LogP contribution is 2.10. The highest BCUT2D eigenvalue weighted by atomic mass is 16.4. The van der Waals surface area contributed by atoms with E-state index in [1.165, 1.54) is 6.07 Å². The maximum absolute atomic E-state index is 10.8. The molecule has 0 spiro atoms. The summed E-state index contributed by atoms with van der Waals surface area (Å²) in [4.78, 5) is 23.3. The molecule has 0 radical (unpaired) electrons. The second kappa shape index (κ2) is 4.70. The van der Waals surface area contributed by atoms with E-state index in [9.17, 15) is 9.59 Å². The summed E-state index contributed by atoms with van der Waals surface area (Å²) in [6.07, 6.45) is 0.658. The molecule has 0 aromatic heterocycles. The Hall–Kier alpha value is -1.68. The molecule has 0 fully saturated rings. The molecule has 0 atom stereocenters. The van der Waals surface area contributed by atoms with Gasteiger partial charge < -0.3 is 10.0 Å². The molecule has 4 heteroatoms. The van der Waals surface area contributed by atoms with Crippen LogP contribution in [0.15, 0.2) is 18.2 Å². The molecule has 0 saturated heterocycles. The lowest BCUT2D eigenvalue weighted by Crippen LogP contribution is -2.11. The second-order valence-corrected chi connectivity index (χ2v) is 3.62. The molecule has 0 bridgehead atoms. The molecule has 0 amide bonds. The van der Waals surface area contributed by atoms with Crippen LogP contribution in [0.3, 0.4) is 0 Å². The number of carboxylic acids is 1. The lowest BCUT2D eigenvalue weighted by atomic mass is 10.1. The van der Waals surface area contributed by atoms with Gasteiger partial charge in [-0.25, -0.2) is 4.79 Å². The number of carbonyl (C=O) groups is 2. The number of aldehydes is 1. The average Bonchev–Trinajstić information content (AvgIpc) is 2.16. The lowest BCUT2D eigenvalue weighted by molar-refractivity contribution is 0.0696. The Kier molecular flexibility index (Phi) is 3.57. The topological polar surface area (TPSA) is 57.6 Å². The third kappa shape index (κ3) is 3.18. The number of aromatic carboxylic acids is 1.